The first-order chi connectivity index (χ1) is 15.5. The van der Waals surface area contributed by atoms with Crippen molar-refractivity contribution in [3.63, 3.8) is 0 Å². The molecule has 32 heavy (non-hydrogen) atoms. The zero-order chi connectivity index (χ0) is 22.5. The molecule has 0 aliphatic carbocycles. The Bertz CT molecular complexity index is 1120. The number of rotatable bonds is 6. The molecule has 3 aromatic carbocycles. The van der Waals surface area contributed by atoms with Gasteiger partial charge >= 0.3 is 5.97 Å². The van der Waals surface area contributed by atoms with Gasteiger partial charge in [-0.1, -0.05) is 84.1 Å². The largest absolute Gasteiger partial charge is 0.462 e. The molecule has 0 aromatic heterocycles. The predicted molar refractivity (Wildman–Crippen MR) is 129 cm³/mol. The number of aryl methyl sites for hydroxylation is 1. The van der Waals surface area contributed by atoms with Crippen LogP contribution in [-0.4, -0.2) is 23.4 Å². The summed E-state index contributed by atoms with van der Waals surface area (Å²) in [4.78, 5) is 27.9. The first-order valence-electron chi connectivity index (χ1n) is 10.6. The molecule has 1 heterocycles. The molecule has 0 saturated carbocycles. The average Bonchev–Trinajstić information content (AvgIpc) is 3.11. The highest BCUT2D eigenvalue weighted by Crippen LogP contribution is 2.46. The Morgan fingerprint density at radius 2 is 1.69 bits per heavy atom. The topological polar surface area (TPSA) is 46.6 Å². The minimum Gasteiger partial charge on any atom is -0.462 e. The summed E-state index contributed by atoms with van der Waals surface area (Å²) in [7, 11) is 0. The van der Waals surface area contributed by atoms with Crippen molar-refractivity contribution in [1.82, 2.24) is 4.90 Å². The van der Waals surface area contributed by atoms with E-state index in [-0.39, 0.29) is 17.3 Å². The third-order valence-electron chi connectivity index (χ3n) is 5.27. The lowest BCUT2D eigenvalue weighted by molar-refractivity contribution is -0.126. The van der Waals surface area contributed by atoms with E-state index < -0.39 is 0 Å². The molecular formula is C27H25NO3S. The molecule has 1 atom stereocenters. The van der Waals surface area contributed by atoms with Crippen LogP contribution in [0.4, 0.5) is 0 Å². The van der Waals surface area contributed by atoms with Gasteiger partial charge in [0.1, 0.15) is 5.37 Å². The molecule has 1 unspecified atom stereocenters. The van der Waals surface area contributed by atoms with Gasteiger partial charge in [0.05, 0.1) is 17.1 Å². The zero-order valence-electron chi connectivity index (χ0n) is 18.2. The molecule has 162 valence electrons. The lowest BCUT2D eigenvalue weighted by atomic mass is 10.1. The van der Waals surface area contributed by atoms with E-state index in [0.717, 1.165) is 21.6 Å². The molecule has 0 spiro atoms. The highest BCUT2D eigenvalue weighted by molar-refractivity contribution is 8.04. The summed E-state index contributed by atoms with van der Waals surface area (Å²) in [5.74, 6) is -0.323. The van der Waals surface area contributed by atoms with Crippen LogP contribution in [0.5, 0.6) is 0 Å². The van der Waals surface area contributed by atoms with Gasteiger partial charge in [0, 0.05) is 6.54 Å². The van der Waals surface area contributed by atoms with Gasteiger partial charge in [-0.3, -0.25) is 4.79 Å². The predicted octanol–water partition coefficient (Wildman–Crippen LogP) is 5.99. The van der Waals surface area contributed by atoms with Crippen LogP contribution < -0.4 is 0 Å². The number of hydrogen-bond acceptors (Lipinski definition) is 4. The van der Waals surface area contributed by atoms with Crippen LogP contribution in [0.15, 0.2) is 83.8 Å². The Kier molecular flexibility index (Phi) is 6.76. The maximum atomic E-state index is 13.4. The number of carbonyl (C=O) groups is 2. The van der Waals surface area contributed by atoms with Gasteiger partial charge in [-0.2, -0.15) is 0 Å². The van der Waals surface area contributed by atoms with Crippen molar-refractivity contribution >= 4 is 29.7 Å². The molecule has 1 aliphatic heterocycles. The second kappa shape index (κ2) is 9.88. The summed E-state index contributed by atoms with van der Waals surface area (Å²) in [6.45, 7) is 4.63. The molecule has 3 aromatic rings. The van der Waals surface area contributed by atoms with Crippen LogP contribution >= 0.6 is 11.8 Å². The van der Waals surface area contributed by atoms with Crippen molar-refractivity contribution in [2.24, 2.45) is 0 Å². The fourth-order valence-corrected chi connectivity index (χ4v) is 4.82. The van der Waals surface area contributed by atoms with Crippen LogP contribution in [0.2, 0.25) is 0 Å². The molecular weight excluding hydrogens is 418 g/mol. The fourth-order valence-electron chi connectivity index (χ4n) is 3.57. The van der Waals surface area contributed by atoms with Gasteiger partial charge in [0.2, 0.25) is 0 Å². The maximum Gasteiger partial charge on any atom is 0.338 e. The van der Waals surface area contributed by atoms with Gasteiger partial charge in [0.25, 0.3) is 5.91 Å². The lowest BCUT2D eigenvalue weighted by Crippen LogP contribution is -2.27. The smallest absolute Gasteiger partial charge is 0.338 e. The Morgan fingerprint density at radius 3 is 2.34 bits per heavy atom. The summed E-state index contributed by atoms with van der Waals surface area (Å²) < 4.78 is 5.06. The SMILES string of the molecule is CCOC(=O)c1ccc(CN2C(=O)/C(=C/c3ccc(C)cc3)SC2c2ccccc2)cc1. The number of esters is 1. The van der Waals surface area contributed by atoms with Gasteiger partial charge in [0.15, 0.2) is 0 Å². The van der Waals surface area contributed by atoms with E-state index in [9.17, 15) is 9.59 Å². The molecule has 1 amide bonds. The van der Waals surface area contributed by atoms with E-state index in [0.29, 0.717) is 18.7 Å². The average molecular weight is 444 g/mol. The molecule has 0 N–H and O–H groups in total. The molecule has 1 aliphatic rings. The van der Waals surface area contributed by atoms with Crippen molar-refractivity contribution in [1.29, 1.82) is 0 Å². The van der Waals surface area contributed by atoms with Crippen molar-refractivity contribution in [2.75, 3.05) is 6.61 Å². The lowest BCUT2D eigenvalue weighted by Gasteiger charge is -2.24. The Morgan fingerprint density at radius 1 is 1.00 bits per heavy atom. The number of carbonyl (C=O) groups excluding carboxylic acids is 2. The van der Waals surface area contributed by atoms with Gasteiger partial charge in [-0.05, 0) is 48.7 Å². The van der Waals surface area contributed by atoms with Crippen molar-refractivity contribution < 1.29 is 14.3 Å². The highest BCUT2D eigenvalue weighted by Gasteiger charge is 2.37. The van der Waals surface area contributed by atoms with Crippen molar-refractivity contribution in [2.45, 2.75) is 25.8 Å². The fraction of sp³-hybridized carbons (Fsp3) is 0.185. The third kappa shape index (κ3) is 4.94. The number of ether oxygens (including phenoxy) is 1. The first kappa shape index (κ1) is 21.9. The number of nitrogens with zero attached hydrogens (tertiary/aromatic N) is 1. The van der Waals surface area contributed by atoms with E-state index in [2.05, 4.69) is 12.1 Å². The van der Waals surface area contributed by atoms with E-state index in [1.54, 1.807) is 30.8 Å². The molecule has 0 radical (unpaired) electrons. The van der Waals surface area contributed by atoms with Crippen LogP contribution in [0, 0.1) is 6.92 Å². The van der Waals surface area contributed by atoms with Gasteiger partial charge in [-0.25, -0.2) is 4.79 Å². The number of benzene rings is 3. The van der Waals surface area contributed by atoms with Crippen LogP contribution in [0.3, 0.4) is 0 Å². The zero-order valence-corrected chi connectivity index (χ0v) is 19.0. The van der Waals surface area contributed by atoms with E-state index in [4.69, 9.17) is 4.74 Å². The second-order valence-electron chi connectivity index (χ2n) is 7.65. The van der Waals surface area contributed by atoms with E-state index in [1.807, 2.05) is 72.5 Å². The molecule has 4 nitrogen and oxygen atoms in total. The second-order valence-corrected chi connectivity index (χ2v) is 8.77. The minimum atomic E-state index is -0.336. The summed E-state index contributed by atoms with van der Waals surface area (Å²) in [6.07, 6.45) is 1.96. The molecule has 1 fully saturated rings. The van der Waals surface area contributed by atoms with Gasteiger partial charge < -0.3 is 9.64 Å². The quantitative estimate of drug-likeness (QED) is 0.347. The first-order valence-corrected chi connectivity index (χ1v) is 11.5. The maximum absolute atomic E-state index is 13.4. The summed E-state index contributed by atoms with van der Waals surface area (Å²) in [5, 5.41) is -0.106. The molecule has 5 heteroatoms. The standard InChI is InChI=1S/C27H25NO3S/c1-3-31-27(30)23-15-13-21(14-16-23)18-28-25(29)24(17-20-11-9-19(2)10-12-20)32-26(28)22-7-5-4-6-8-22/h4-17,26H,3,18H2,1-2H3/b24-17-. The number of amides is 1. The molecule has 0 bridgehead atoms. The van der Waals surface area contributed by atoms with E-state index in [1.165, 1.54) is 5.56 Å². The summed E-state index contributed by atoms with van der Waals surface area (Å²) >= 11 is 1.58. The number of thioether (sulfide) groups is 1. The van der Waals surface area contributed by atoms with Crippen molar-refractivity contribution in [3.05, 3.63) is 112 Å². The number of hydrogen-bond donors (Lipinski definition) is 0. The monoisotopic (exact) mass is 443 g/mol. The van der Waals surface area contributed by atoms with Crippen LogP contribution in [-0.2, 0) is 16.1 Å². The summed E-state index contributed by atoms with van der Waals surface area (Å²) in [6, 6.07) is 25.5. The Balaban J connectivity index is 1.61. The summed E-state index contributed by atoms with van der Waals surface area (Å²) in [5.41, 5.74) is 4.76. The highest BCUT2D eigenvalue weighted by atomic mass is 32.2. The minimum absolute atomic E-state index is 0.0129. The van der Waals surface area contributed by atoms with Gasteiger partial charge in [-0.15, -0.1) is 0 Å². The van der Waals surface area contributed by atoms with Crippen molar-refractivity contribution in [3.8, 4) is 0 Å². The molecule has 4 rings (SSSR count). The Labute approximate surface area is 192 Å². The van der Waals surface area contributed by atoms with E-state index >= 15 is 0 Å². The van der Waals surface area contributed by atoms with Crippen LogP contribution in [0.25, 0.3) is 6.08 Å². The third-order valence-corrected chi connectivity index (χ3v) is 6.57. The normalized spacial score (nSPS) is 17.1. The molecule has 1 saturated heterocycles. The van der Waals surface area contributed by atoms with Crippen LogP contribution in [0.1, 0.15) is 44.9 Å². The Hall–Kier alpha value is -3.31.